The average Bonchev–Trinajstić information content (AvgIpc) is 3.35. The average molecular weight is 444 g/mol. The molecule has 0 aliphatic carbocycles. The molecule has 4 aromatic rings. The number of carbonyl (C=O) groups excluding carboxylic acids is 1. The van der Waals surface area contributed by atoms with Crippen molar-refractivity contribution in [1.29, 1.82) is 0 Å². The summed E-state index contributed by atoms with van der Waals surface area (Å²) >= 11 is 7.87. The molecule has 30 heavy (non-hydrogen) atoms. The van der Waals surface area contributed by atoms with Gasteiger partial charge in [0.1, 0.15) is 5.82 Å². The number of nitrogens with zero attached hydrogens (tertiary/aromatic N) is 3. The summed E-state index contributed by atoms with van der Waals surface area (Å²) in [6.07, 6.45) is 1.61. The third-order valence-corrected chi connectivity index (χ3v) is 5.46. The van der Waals surface area contributed by atoms with Crippen molar-refractivity contribution in [2.45, 2.75) is 26.4 Å². The number of benzene rings is 1. The Morgan fingerprint density at radius 2 is 2.13 bits per heavy atom. The van der Waals surface area contributed by atoms with E-state index in [2.05, 4.69) is 20.7 Å². The van der Waals surface area contributed by atoms with Gasteiger partial charge in [0.2, 0.25) is 0 Å². The Hall–Kier alpha value is -2.97. The first-order valence-electron chi connectivity index (χ1n) is 9.33. The summed E-state index contributed by atoms with van der Waals surface area (Å²) in [5, 5.41) is 12.6. The Bertz CT molecular complexity index is 1210. The summed E-state index contributed by atoms with van der Waals surface area (Å²) in [7, 11) is 0. The van der Waals surface area contributed by atoms with Gasteiger partial charge in [0.05, 0.1) is 23.1 Å². The highest BCUT2D eigenvalue weighted by atomic mass is 35.5. The number of anilines is 1. The standard InChI is InChI=1S/C21H19ClFN5OS/c1-12(2)26-21(29)15-6-5-13(8-16(15)23)18-11-25-20-17(9-19(22)27-28(18)20)24-10-14-4-3-7-30-14/h3-9,11-12,24H,10H2,1-2H3,(H,26,29). The predicted molar refractivity (Wildman–Crippen MR) is 118 cm³/mol. The SMILES string of the molecule is CC(C)NC(=O)c1ccc(-c2cnc3c(NCc4cccs4)cc(Cl)nn23)cc1F. The van der Waals surface area contributed by atoms with E-state index in [-0.39, 0.29) is 16.8 Å². The number of aromatic nitrogens is 3. The first kappa shape index (κ1) is 20.3. The summed E-state index contributed by atoms with van der Waals surface area (Å²) in [6, 6.07) is 10.1. The summed E-state index contributed by atoms with van der Waals surface area (Å²) in [5.41, 5.74) is 2.41. The largest absolute Gasteiger partial charge is 0.377 e. The molecule has 0 aliphatic heterocycles. The molecule has 0 aliphatic rings. The van der Waals surface area contributed by atoms with Crippen LogP contribution in [0.5, 0.6) is 0 Å². The van der Waals surface area contributed by atoms with Gasteiger partial charge in [-0.15, -0.1) is 11.3 Å². The summed E-state index contributed by atoms with van der Waals surface area (Å²) in [4.78, 5) is 17.8. The van der Waals surface area contributed by atoms with Crippen molar-refractivity contribution in [3.05, 3.63) is 69.4 Å². The third-order valence-electron chi connectivity index (χ3n) is 4.40. The van der Waals surface area contributed by atoms with E-state index >= 15 is 0 Å². The van der Waals surface area contributed by atoms with E-state index in [1.165, 1.54) is 17.0 Å². The van der Waals surface area contributed by atoms with Crippen LogP contribution in [0.3, 0.4) is 0 Å². The molecule has 6 nitrogen and oxygen atoms in total. The molecule has 0 spiro atoms. The molecule has 2 N–H and O–H groups in total. The van der Waals surface area contributed by atoms with Crippen LogP contribution in [0.1, 0.15) is 29.1 Å². The number of hydrogen-bond acceptors (Lipinski definition) is 5. The number of halogens is 2. The lowest BCUT2D eigenvalue weighted by molar-refractivity contribution is 0.0939. The Kier molecular flexibility index (Phi) is 5.69. The van der Waals surface area contributed by atoms with Crippen LogP contribution in [0, 0.1) is 5.82 Å². The monoisotopic (exact) mass is 443 g/mol. The highest BCUT2D eigenvalue weighted by Crippen LogP contribution is 2.27. The molecule has 0 saturated heterocycles. The van der Waals surface area contributed by atoms with Crippen molar-refractivity contribution in [3.8, 4) is 11.3 Å². The summed E-state index contributed by atoms with van der Waals surface area (Å²) in [6.45, 7) is 4.27. The van der Waals surface area contributed by atoms with Crippen molar-refractivity contribution in [3.63, 3.8) is 0 Å². The Labute approximate surface area is 181 Å². The van der Waals surface area contributed by atoms with E-state index in [9.17, 15) is 9.18 Å². The molecule has 3 heterocycles. The predicted octanol–water partition coefficient (Wildman–Crippen LogP) is 5.00. The third kappa shape index (κ3) is 4.15. The highest BCUT2D eigenvalue weighted by Gasteiger charge is 2.17. The van der Waals surface area contributed by atoms with E-state index in [0.29, 0.717) is 23.4 Å². The number of hydrogen-bond donors (Lipinski definition) is 2. The maximum absolute atomic E-state index is 14.6. The molecule has 0 radical (unpaired) electrons. The van der Waals surface area contributed by atoms with Gasteiger partial charge in [-0.2, -0.15) is 5.10 Å². The second-order valence-corrected chi connectivity index (χ2v) is 8.43. The molecule has 0 unspecified atom stereocenters. The molecule has 154 valence electrons. The van der Waals surface area contributed by atoms with Crippen LogP contribution >= 0.6 is 22.9 Å². The van der Waals surface area contributed by atoms with Crippen LogP contribution in [0.2, 0.25) is 5.15 Å². The molecule has 0 bridgehead atoms. The lowest BCUT2D eigenvalue weighted by Crippen LogP contribution is -2.30. The number of carbonyl (C=O) groups is 1. The molecule has 9 heteroatoms. The van der Waals surface area contributed by atoms with Crippen LogP contribution in [-0.4, -0.2) is 26.5 Å². The number of rotatable bonds is 6. The highest BCUT2D eigenvalue weighted by molar-refractivity contribution is 7.09. The Balaban J connectivity index is 1.68. The molecule has 0 atom stereocenters. The van der Waals surface area contributed by atoms with Crippen LogP contribution in [0.15, 0.2) is 48.0 Å². The molecule has 1 aromatic carbocycles. The number of thiophene rings is 1. The van der Waals surface area contributed by atoms with Crippen molar-refractivity contribution >= 4 is 40.2 Å². The Morgan fingerprint density at radius 1 is 1.30 bits per heavy atom. The lowest BCUT2D eigenvalue weighted by atomic mass is 10.1. The molecular weight excluding hydrogens is 425 g/mol. The van der Waals surface area contributed by atoms with Gasteiger partial charge in [0.25, 0.3) is 5.91 Å². The minimum absolute atomic E-state index is 0.00874. The summed E-state index contributed by atoms with van der Waals surface area (Å²) < 4.78 is 16.2. The zero-order valence-corrected chi connectivity index (χ0v) is 17.9. The maximum atomic E-state index is 14.6. The van der Waals surface area contributed by atoms with Gasteiger partial charge in [-0.25, -0.2) is 13.9 Å². The first-order valence-corrected chi connectivity index (χ1v) is 10.6. The van der Waals surface area contributed by atoms with Gasteiger partial charge < -0.3 is 10.6 Å². The van der Waals surface area contributed by atoms with Gasteiger partial charge >= 0.3 is 0 Å². The smallest absolute Gasteiger partial charge is 0.254 e. The quantitative estimate of drug-likeness (QED) is 0.440. The molecule has 0 fully saturated rings. The van der Waals surface area contributed by atoms with Crippen LogP contribution in [0.4, 0.5) is 10.1 Å². The number of nitrogens with one attached hydrogen (secondary N) is 2. The molecule has 1 amide bonds. The van der Waals surface area contributed by atoms with Crippen LogP contribution < -0.4 is 10.6 Å². The first-order chi connectivity index (χ1) is 14.4. The molecule has 4 rings (SSSR count). The minimum Gasteiger partial charge on any atom is -0.377 e. The number of fused-ring (bicyclic) bond motifs is 1. The van der Waals surface area contributed by atoms with Gasteiger partial charge in [-0.3, -0.25) is 4.79 Å². The van der Waals surface area contributed by atoms with E-state index in [1.54, 1.807) is 34.2 Å². The van der Waals surface area contributed by atoms with E-state index in [0.717, 1.165) is 5.69 Å². The lowest BCUT2D eigenvalue weighted by Gasteiger charge is -2.10. The second-order valence-electron chi connectivity index (χ2n) is 7.02. The van der Waals surface area contributed by atoms with Gasteiger partial charge in [0.15, 0.2) is 10.8 Å². The van der Waals surface area contributed by atoms with Gasteiger partial charge in [-0.1, -0.05) is 23.7 Å². The normalized spacial score (nSPS) is 11.2. The number of imidazole rings is 1. The minimum atomic E-state index is -0.612. The molecule has 3 aromatic heterocycles. The Morgan fingerprint density at radius 3 is 2.83 bits per heavy atom. The van der Waals surface area contributed by atoms with E-state index in [4.69, 9.17) is 11.6 Å². The van der Waals surface area contributed by atoms with Crippen molar-refractivity contribution in [2.75, 3.05) is 5.32 Å². The fourth-order valence-corrected chi connectivity index (χ4v) is 3.89. The fraction of sp³-hybridized carbons (Fsp3) is 0.190. The van der Waals surface area contributed by atoms with Crippen molar-refractivity contribution in [2.24, 2.45) is 0 Å². The number of amides is 1. The molecular formula is C21H19ClFN5OS. The fourth-order valence-electron chi connectivity index (χ4n) is 3.06. The van der Waals surface area contributed by atoms with E-state index in [1.807, 2.05) is 31.4 Å². The summed E-state index contributed by atoms with van der Waals surface area (Å²) in [5.74, 6) is -1.06. The van der Waals surface area contributed by atoms with Crippen LogP contribution in [-0.2, 0) is 6.54 Å². The zero-order chi connectivity index (χ0) is 21.3. The zero-order valence-electron chi connectivity index (χ0n) is 16.3. The van der Waals surface area contributed by atoms with Crippen molar-refractivity contribution in [1.82, 2.24) is 19.9 Å². The van der Waals surface area contributed by atoms with Crippen LogP contribution in [0.25, 0.3) is 16.9 Å². The van der Waals surface area contributed by atoms with Gasteiger partial charge in [-0.05, 0) is 37.4 Å². The second kappa shape index (κ2) is 8.41. The van der Waals surface area contributed by atoms with Crippen molar-refractivity contribution < 1.29 is 9.18 Å². The topological polar surface area (TPSA) is 71.3 Å². The van der Waals surface area contributed by atoms with Gasteiger partial charge in [0, 0.05) is 29.1 Å². The van der Waals surface area contributed by atoms with E-state index < -0.39 is 11.7 Å². The maximum Gasteiger partial charge on any atom is 0.254 e. The molecule has 0 saturated carbocycles.